The van der Waals surface area contributed by atoms with E-state index in [9.17, 15) is 5.11 Å². The van der Waals surface area contributed by atoms with E-state index in [1.165, 1.54) is 7.11 Å². The predicted octanol–water partition coefficient (Wildman–Crippen LogP) is 2.85. The number of thiazole rings is 1. The Morgan fingerprint density at radius 3 is 2.72 bits per heavy atom. The molecule has 3 N–H and O–H groups in total. The quantitative estimate of drug-likeness (QED) is 0.894. The molecule has 0 aliphatic carbocycles. The van der Waals surface area contributed by atoms with Crippen molar-refractivity contribution >= 4 is 11.3 Å². The van der Waals surface area contributed by atoms with Crippen LogP contribution in [-0.2, 0) is 0 Å². The highest BCUT2D eigenvalue weighted by molar-refractivity contribution is 7.15. The van der Waals surface area contributed by atoms with Crippen LogP contribution >= 0.6 is 11.3 Å². The molecule has 5 heteroatoms. The van der Waals surface area contributed by atoms with E-state index in [0.717, 1.165) is 21.1 Å². The van der Waals surface area contributed by atoms with Gasteiger partial charge in [0.05, 0.1) is 12.8 Å². The summed E-state index contributed by atoms with van der Waals surface area (Å²) in [7, 11) is 1.53. The number of aromatic hydroxyl groups is 1. The van der Waals surface area contributed by atoms with E-state index in [2.05, 4.69) is 4.98 Å². The second-order valence-electron chi connectivity index (χ2n) is 4.14. The molecule has 2 aromatic rings. The van der Waals surface area contributed by atoms with Crippen LogP contribution in [0.3, 0.4) is 0 Å². The first-order chi connectivity index (χ1) is 8.52. The molecule has 0 saturated heterocycles. The van der Waals surface area contributed by atoms with Crippen molar-refractivity contribution in [2.75, 3.05) is 7.11 Å². The molecule has 0 aliphatic heterocycles. The topological polar surface area (TPSA) is 68.4 Å². The van der Waals surface area contributed by atoms with Gasteiger partial charge in [-0.1, -0.05) is 0 Å². The van der Waals surface area contributed by atoms with E-state index in [4.69, 9.17) is 10.5 Å². The summed E-state index contributed by atoms with van der Waals surface area (Å²) in [5, 5.41) is 10.5. The highest BCUT2D eigenvalue weighted by atomic mass is 32.1. The predicted molar refractivity (Wildman–Crippen MR) is 73.1 cm³/mol. The molecule has 2 rings (SSSR count). The van der Waals surface area contributed by atoms with E-state index in [0.29, 0.717) is 5.75 Å². The summed E-state index contributed by atoms with van der Waals surface area (Å²) in [6.07, 6.45) is 0. The lowest BCUT2D eigenvalue weighted by Crippen LogP contribution is -2.03. The van der Waals surface area contributed by atoms with Crippen LogP contribution in [0.1, 0.15) is 23.5 Å². The Morgan fingerprint density at radius 1 is 1.44 bits per heavy atom. The molecule has 96 valence electrons. The second-order valence-corrected chi connectivity index (χ2v) is 5.17. The molecule has 0 saturated carbocycles. The lowest BCUT2D eigenvalue weighted by Gasteiger charge is -2.04. The number of methoxy groups -OCH3 is 1. The SMILES string of the molecule is COc1cc(-c2nc(C)c(C(C)N)s2)ccc1O. The summed E-state index contributed by atoms with van der Waals surface area (Å²) >= 11 is 1.57. The number of aryl methyl sites for hydroxylation is 1. The molecule has 0 bridgehead atoms. The number of hydrogen-bond acceptors (Lipinski definition) is 5. The van der Waals surface area contributed by atoms with Gasteiger partial charge in [0.2, 0.25) is 0 Å². The fourth-order valence-corrected chi connectivity index (χ4v) is 2.78. The van der Waals surface area contributed by atoms with Crippen LogP contribution in [0.25, 0.3) is 10.6 Å². The van der Waals surface area contributed by atoms with Gasteiger partial charge in [-0.05, 0) is 32.0 Å². The molecule has 0 aliphatic rings. The number of benzene rings is 1. The second kappa shape index (κ2) is 4.96. The molecular formula is C13H16N2O2S. The van der Waals surface area contributed by atoms with E-state index in [1.54, 1.807) is 23.5 Å². The maximum absolute atomic E-state index is 9.57. The number of phenolic OH excluding ortho intramolecular Hbond substituents is 1. The van der Waals surface area contributed by atoms with Crippen molar-refractivity contribution < 1.29 is 9.84 Å². The number of hydrogen-bond donors (Lipinski definition) is 2. The molecule has 1 heterocycles. The van der Waals surface area contributed by atoms with Crippen LogP contribution < -0.4 is 10.5 Å². The fourth-order valence-electron chi connectivity index (χ4n) is 1.76. The zero-order chi connectivity index (χ0) is 13.3. The average Bonchev–Trinajstić information content (AvgIpc) is 2.72. The van der Waals surface area contributed by atoms with E-state index in [1.807, 2.05) is 19.9 Å². The van der Waals surface area contributed by atoms with Gasteiger partial charge in [-0.25, -0.2) is 4.98 Å². The lowest BCUT2D eigenvalue weighted by molar-refractivity contribution is 0.373. The molecule has 1 aromatic carbocycles. The van der Waals surface area contributed by atoms with Crippen LogP contribution in [0, 0.1) is 6.92 Å². The lowest BCUT2D eigenvalue weighted by atomic mass is 10.2. The summed E-state index contributed by atoms with van der Waals surface area (Å²) in [6, 6.07) is 5.19. The molecule has 1 unspecified atom stereocenters. The molecule has 0 radical (unpaired) electrons. The van der Waals surface area contributed by atoms with E-state index in [-0.39, 0.29) is 11.8 Å². The number of nitrogens with two attached hydrogens (primary N) is 1. The van der Waals surface area contributed by atoms with Crippen molar-refractivity contribution in [1.29, 1.82) is 0 Å². The van der Waals surface area contributed by atoms with Crippen molar-refractivity contribution in [1.82, 2.24) is 4.98 Å². The van der Waals surface area contributed by atoms with Crippen molar-refractivity contribution in [2.24, 2.45) is 5.73 Å². The highest BCUT2D eigenvalue weighted by Gasteiger charge is 2.13. The zero-order valence-electron chi connectivity index (χ0n) is 10.6. The maximum Gasteiger partial charge on any atom is 0.161 e. The molecule has 4 nitrogen and oxygen atoms in total. The Labute approximate surface area is 110 Å². The average molecular weight is 264 g/mol. The number of phenols is 1. The van der Waals surface area contributed by atoms with Crippen LogP contribution in [0.15, 0.2) is 18.2 Å². The minimum Gasteiger partial charge on any atom is -0.504 e. The van der Waals surface area contributed by atoms with Gasteiger partial charge >= 0.3 is 0 Å². The van der Waals surface area contributed by atoms with Gasteiger partial charge in [0, 0.05) is 16.5 Å². The molecule has 0 amide bonds. The number of ether oxygens (including phenoxy) is 1. The van der Waals surface area contributed by atoms with Crippen molar-refractivity contribution in [3.8, 4) is 22.1 Å². The van der Waals surface area contributed by atoms with Gasteiger partial charge in [0.1, 0.15) is 5.01 Å². The Kier molecular flexibility index (Phi) is 3.54. The molecule has 18 heavy (non-hydrogen) atoms. The zero-order valence-corrected chi connectivity index (χ0v) is 11.4. The third-order valence-electron chi connectivity index (χ3n) is 2.67. The van der Waals surface area contributed by atoms with Gasteiger partial charge in [-0.3, -0.25) is 0 Å². The van der Waals surface area contributed by atoms with Gasteiger partial charge in [-0.2, -0.15) is 0 Å². The molecule has 1 atom stereocenters. The first-order valence-electron chi connectivity index (χ1n) is 5.63. The van der Waals surface area contributed by atoms with Gasteiger partial charge in [-0.15, -0.1) is 11.3 Å². The molecule has 1 aromatic heterocycles. The van der Waals surface area contributed by atoms with Crippen LogP contribution in [0.2, 0.25) is 0 Å². The van der Waals surface area contributed by atoms with Gasteiger partial charge < -0.3 is 15.6 Å². The highest BCUT2D eigenvalue weighted by Crippen LogP contribution is 2.35. The maximum atomic E-state index is 9.57. The number of nitrogens with zero attached hydrogens (tertiary/aromatic N) is 1. The van der Waals surface area contributed by atoms with Crippen molar-refractivity contribution in [3.63, 3.8) is 0 Å². The summed E-state index contributed by atoms with van der Waals surface area (Å²) in [6.45, 7) is 3.90. The normalized spacial score (nSPS) is 12.4. The van der Waals surface area contributed by atoms with Crippen molar-refractivity contribution in [3.05, 3.63) is 28.8 Å². The Hall–Kier alpha value is -1.59. The monoisotopic (exact) mass is 264 g/mol. The van der Waals surface area contributed by atoms with E-state index >= 15 is 0 Å². The summed E-state index contributed by atoms with van der Waals surface area (Å²) < 4.78 is 5.09. The van der Waals surface area contributed by atoms with Crippen LogP contribution in [-0.4, -0.2) is 17.2 Å². The Morgan fingerprint density at radius 2 is 2.17 bits per heavy atom. The fraction of sp³-hybridized carbons (Fsp3) is 0.308. The third-order valence-corrected chi connectivity index (χ3v) is 4.08. The van der Waals surface area contributed by atoms with Crippen LogP contribution in [0.5, 0.6) is 11.5 Å². The van der Waals surface area contributed by atoms with Crippen LogP contribution in [0.4, 0.5) is 0 Å². The largest absolute Gasteiger partial charge is 0.504 e. The number of rotatable bonds is 3. The smallest absolute Gasteiger partial charge is 0.161 e. The third kappa shape index (κ3) is 2.32. The minimum atomic E-state index is -0.0183. The Balaban J connectivity index is 2.45. The molecular weight excluding hydrogens is 248 g/mol. The summed E-state index contributed by atoms with van der Waals surface area (Å²) in [5.74, 6) is 0.574. The van der Waals surface area contributed by atoms with Crippen molar-refractivity contribution in [2.45, 2.75) is 19.9 Å². The number of aromatic nitrogens is 1. The molecule has 0 fully saturated rings. The summed E-state index contributed by atoms with van der Waals surface area (Å²) in [4.78, 5) is 5.59. The minimum absolute atomic E-state index is 0.0183. The standard InChI is InChI=1S/C13H16N2O2S/c1-7(14)12-8(2)15-13(18-12)9-4-5-10(16)11(6-9)17-3/h4-7,16H,14H2,1-3H3. The molecule has 0 spiro atoms. The van der Waals surface area contributed by atoms with Gasteiger partial charge in [0.25, 0.3) is 0 Å². The van der Waals surface area contributed by atoms with E-state index < -0.39 is 0 Å². The summed E-state index contributed by atoms with van der Waals surface area (Å²) in [5.41, 5.74) is 7.77. The first kappa shape index (κ1) is 12.9. The first-order valence-corrected chi connectivity index (χ1v) is 6.45. The Bertz CT molecular complexity index is 564. The van der Waals surface area contributed by atoms with Gasteiger partial charge in [0.15, 0.2) is 11.5 Å².